The molecule has 2 heterocycles. The van der Waals surface area contributed by atoms with Crippen LogP contribution >= 0.6 is 11.3 Å². The number of nitrogens with zero attached hydrogens (tertiary/aromatic N) is 2. The molecule has 0 amide bonds. The summed E-state index contributed by atoms with van der Waals surface area (Å²) < 4.78 is 2.88. The van der Waals surface area contributed by atoms with Crippen LogP contribution < -0.4 is 5.56 Å². The lowest BCUT2D eigenvalue weighted by atomic mass is 10.3. The zero-order valence-electron chi connectivity index (χ0n) is 9.64. The maximum absolute atomic E-state index is 12.0. The fraction of sp³-hybridized carbons (Fsp3) is 0.417. The molecule has 4 heteroatoms. The molecule has 16 heavy (non-hydrogen) atoms. The summed E-state index contributed by atoms with van der Waals surface area (Å²) in [6.07, 6.45) is 2.90. The molecule has 0 aliphatic rings. The fourth-order valence-electron chi connectivity index (χ4n) is 1.74. The topological polar surface area (TPSA) is 25.2 Å². The molecule has 0 atom stereocenters. The Bertz CT molecular complexity index is 527. The Kier molecular flexibility index (Phi) is 3.41. The molecule has 0 spiro atoms. The van der Waals surface area contributed by atoms with Gasteiger partial charge in [-0.2, -0.15) is 0 Å². The predicted molar refractivity (Wildman–Crippen MR) is 69.3 cm³/mol. The second kappa shape index (κ2) is 4.80. The number of rotatable bonds is 4. The molecule has 0 N–H and O–H groups in total. The summed E-state index contributed by atoms with van der Waals surface area (Å²) in [6, 6.07) is 3.93. The maximum Gasteiger partial charge on any atom is 0.259 e. The van der Waals surface area contributed by atoms with Gasteiger partial charge in [-0.15, -0.1) is 11.3 Å². The van der Waals surface area contributed by atoms with Crippen molar-refractivity contribution < 1.29 is 0 Å². The highest BCUT2D eigenvalue weighted by molar-refractivity contribution is 7.17. The van der Waals surface area contributed by atoms with Gasteiger partial charge in [-0.1, -0.05) is 0 Å². The summed E-state index contributed by atoms with van der Waals surface area (Å²) in [7, 11) is 4.09. The summed E-state index contributed by atoms with van der Waals surface area (Å²) >= 11 is 1.62. The van der Waals surface area contributed by atoms with Crippen molar-refractivity contribution in [3.63, 3.8) is 0 Å². The fourth-order valence-corrected chi connectivity index (χ4v) is 2.51. The van der Waals surface area contributed by atoms with Crippen molar-refractivity contribution in [3.8, 4) is 0 Å². The van der Waals surface area contributed by atoms with E-state index in [1.165, 1.54) is 0 Å². The molecule has 0 radical (unpaired) electrons. The Morgan fingerprint density at radius 1 is 1.38 bits per heavy atom. The van der Waals surface area contributed by atoms with Crippen molar-refractivity contribution in [2.75, 3.05) is 20.6 Å². The normalized spacial score (nSPS) is 11.4. The summed E-state index contributed by atoms with van der Waals surface area (Å²) in [5.74, 6) is 0. The van der Waals surface area contributed by atoms with Gasteiger partial charge in [0.15, 0.2) is 0 Å². The molecule has 0 aromatic carbocycles. The first-order chi connectivity index (χ1) is 7.68. The Hall–Kier alpha value is -1.13. The minimum Gasteiger partial charge on any atom is -0.315 e. The van der Waals surface area contributed by atoms with E-state index in [2.05, 4.69) is 4.90 Å². The number of hydrogen-bond acceptors (Lipinski definition) is 3. The third-order valence-electron chi connectivity index (χ3n) is 2.60. The van der Waals surface area contributed by atoms with Crippen LogP contribution in [0.1, 0.15) is 6.42 Å². The summed E-state index contributed by atoms with van der Waals surface area (Å²) in [6.45, 7) is 1.80. The smallest absolute Gasteiger partial charge is 0.259 e. The number of hydrogen-bond donors (Lipinski definition) is 0. The van der Waals surface area contributed by atoms with Gasteiger partial charge in [-0.25, -0.2) is 0 Å². The molecule has 86 valence electrons. The van der Waals surface area contributed by atoms with Gasteiger partial charge in [-0.05, 0) is 44.6 Å². The quantitative estimate of drug-likeness (QED) is 0.811. The number of aryl methyl sites for hydroxylation is 1. The van der Waals surface area contributed by atoms with E-state index in [4.69, 9.17) is 0 Å². The van der Waals surface area contributed by atoms with E-state index in [-0.39, 0.29) is 5.56 Å². The molecule has 2 rings (SSSR count). The Morgan fingerprint density at radius 3 is 2.94 bits per heavy atom. The van der Waals surface area contributed by atoms with Gasteiger partial charge in [0, 0.05) is 17.4 Å². The molecule has 0 bridgehead atoms. The first kappa shape index (κ1) is 11.4. The van der Waals surface area contributed by atoms with Crippen LogP contribution in [0.5, 0.6) is 0 Å². The summed E-state index contributed by atoms with van der Waals surface area (Å²) in [5, 5.41) is 2.81. The van der Waals surface area contributed by atoms with E-state index in [1.807, 2.05) is 37.8 Å². The van der Waals surface area contributed by atoms with Gasteiger partial charge in [0.05, 0.1) is 5.39 Å². The Balaban J connectivity index is 2.18. The highest BCUT2D eigenvalue weighted by Crippen LogP contribution is 2.16. The van der Waals surface area contributed by atoms with E-state index >= 15 is 0 Å². The third-order valence-corrected chi connectivity index (χ3v) is 3.48. The monoisotopic (exact) mass is 236 g/mol. The van der Waals surface area contributed by atoms with Gasteiger partial charge in [0.25, 0.3) is 5.56 Å². The molecule has 0 saturated carbocycles. The largest absolute Gasteiger partial charge is 0.315 e. The van der Waals surface area contributed by atoms with Crippen molar-refractivity contribution in [1.29, 1.82) is 0 Å². The molecule has 2 aromatic rings. The van der Waals surface area contributed by atoms with Crippen molar-refractivity contribution >= 4 is 21.4 Å². The van der Waals surface area contributed by atoms with Gasteiger partial charge in [-0.3, -0.25) is 4.79 Å². The molecule has 0 unspecified atom stereocenters. The van der Waals surface area contributed by atoms with Crippen molar-refractivity contribution in [1.82, 2.24) is 9.47 Å². The number of pyridine rings is 1. The first-order valence-electron chi connectivity index (χ1n) is 5.40. The van der Waals surface area contributed by atoms with E-state index in [0.717, 1.165) is 29.6 Å². The second-order valence-electron chi connectivity index (χ2n) is 4.17. The maximum atomic E-state index is 12.0. The average Bonchev–Trinajstić information content (AvgIpc) is 2.69. The molecular weight excluding hydrogens is 220 g/mol. The SMILES string of the molecule is CN(C)CCCn1ccc2sccc2c1=O. The van der Waals surface area contributed by atoms with E-state index < -0.39 is 0 Å². The highest BCUT2D eigenvalue weighted by atomic mass is 32.1. The summed E-state index contributed by atoms with van der Waals surface area (Å²) in [5.41, 5.74) is 0.137. The molecule has 0 fully saturated rings. The lowest BCUT2D eigenvalue weighted by molar-refractivity contribution is 0.385. The van der Waals surface area contributed by atoms with Crippen LogP contribution in [0.2, 0.25) is 0 Å². The number of thiophene rings is 1. The first-order valence-corrected chi connectivity index (χ1v) is 6.28. The Labute approximate surface area is 98.9 Å². The van der Waals surface area contributed by atoms with Crippen LogP contribution in [0.15, 0.2) is 28.5 Å². The minimum absolute atomic E-state index is 0.137. The molecular formula is C12H16N2OS. The van der Waals surface area contributed by atoms with Crippen molar-refractivity contribution in [3.05, 3.63) is 34.1 Å². The molecule has 3 nitrogen and oxygen atoms in total. The van der Waals surface area contributed by atoms with Gasteiger partial charge in [0.1, 0.15) is 0 Å². The van der Waals surface area contributed by atoms with Crippen LogP contribution in [0.3, 0.4) is 0 Å². The van der Waals surface area contributed by atoms with Gasteiger partial charge < -0.3 is 9.47 Å². The van der Waals surface area contributed by atoms with Crippen LogP contribution in [-0.2, 0) is 6.54 Å². The van der Waals surface area contributed by atoms with Crippen LogP contribution in [-0.4, -0.2) is 30.1 Å². The van der Waals surface area contributed by atoms with Gasteiger partial charge >= 0.3 is 0 Å². The van der Waals surface area contributed by atoms with E-state index in [1.54, 1.807) is 15.9 Å². The zero-order valence-corrected chi connectivity index (χ0v) is 10.5. The van der Waals surface area contributed by atoms with Crippen molar-refractivity contribution in [2.24, 2.45) is 0 Å². The zero-order chi connectivity index (χ0) is 11.5. The lowest BCUT2D eigenvalue weighted by Gasteiger charge is -2.10. The summed E-state index contributed by atoms with van der Waals surface area (Å²) in [4.78, 5) is 14.2. The average molecular weight is 236 g/mol. The van der Waals surface area contributed by atoms with Crippen molar-refractivity contribution in [2.45, 2.75) is 13.0 Å². The minimum atomic E-state index is 0.137. The van der Waals surface area contributed by atoms with Gasteiger partial charge in [0.2, 0.25) is 0 Å². The third kappa shape index (κ3) is 2.33. The Morgan fingerprint density at radius 2 is 2.19 bits per heavy atom. The molecule has 0 aliphatic carbocycles. The van der Waals surface area contributed by atoms with Crippen LogP contribution in [0.4, 0.5) is 0 Å². The van der Waals surface area contributed by atoms with E-state index in [0.29, 0.717) is 0 Å². The van der Waals surface area contributed by atoms with E-state index in [9.17, 15) is 4.79 Å². The second-order valence-corrected chi connectivity index (χ2v) is 5.12. The standard InChI is InChI=1S/C12H16N2OS/c1-13(2)6-3-7-14-8-4-11-10(12(14)15)5-9-16-11/h4-5,8-9H,3,6-7H2,1-2H3. The van der Waals surface area contributed by atoms with Crippen LogP contribution in [0, 0.1) is 0 Å². The number of aromatic nitrogens is 1. The molecule has 0 aliphatic heterocycles. The highest BCUT2D eigenvalue weighted by Gasteiger charge is 2.03. The predicted octanol–water partition coefficient (Wildman–Crippen LogP) is 2.01. The van der Waals surface area contributed by atoms with Crippen LogP contribution in [0.25, 0.3) is 10.1 Å². The molecule has 2 aromatic heterocycles. The lowest BCUT2D eigenvalue weighted by Crippen LogP contribution is -2.22. The number of fused-ring (bicyclic) bond motifs is 1. The molecule has 0 saturated heterocycles.